The van der Waals surface area contributed by atoms with Gasteiger partial charge in [-0.1, -0.05) is 61.3 Å². The number of nitrogens with zero attached hydrogens (tertiary/aromatic N) is 1. The summed E-state index contributed by atoms with van der Waals surface area (Å²) in [6.45, 7) is 7.14. The fraction of sp³-hybridized carbons (Fsp3) is 0.500. The number of rotatable bonds is 3. The zero-order valence-electron chi connectivity index (χ0n) is 12.9. The molecule has 3 heteroatoms. The monoisotopic (exact) mass is 363 g/mol. The van der Waals surface area contributed by atoms with Gasteiger partial charge in [0.2, 0.25) is 0 Å². The Balaban J connectivity index is 1.90. The van der Waals surface area contributed by atoms with Gasteiger partial charge in [-0.3, -0.25) is 0 Å². The number of fused-ring (bicyclic) bond motifs is 1. The number of thiazole rings is 1. The van der Waals surface area contributed by atoms with Crippen LogP contribution in [0.15, 0.2) is 28.7 Å². The highest BCUT2D eigenvalue weighted by atomic mass is 79.9. The van der Waals surface area contributed by atoms with E-state index in [2.05, 4.69) is 61.0 Å². The standard InChI is InChI=1S/C18H22BrNS/c1-4-18(2,3)12-9-10-15-16(11-12)21-17(20-15)13-7-5-6-8-14(13)19/h5-8,12H,4,9-11H2,1-3H3. The molecule has 0 fully saturated rings. The van der Waals surface area contributed by atoms with Crippen LogP contribution in [-0.4, -0.2) is 4.98 Å². The van der Waals surface area contributed by atoms with Crippen LogP contribution in [0.2, 0.25) is 0 Å². The lowest BCUT2D eigenvalue weighted by Gasteiger charge is -2.35. The molecule has 1 atom stereocenters. The van der Waals surface area contributed by atoms with Gasteiger partial charge in [0.1, 0.15) is 5.01 Å². The summed E-state index contributed by atoms with van der Waals surface area (Å²) < 4.78 is 1.14. The van der Waals surface area contributed by atoms with Crippen LogP contribution in [0.3, 0.4) is 0 Å². The van der Waals surface area contributed by atoms with Crippen molar-refractivity contribution in [3.63, 3.8) is 0 Å². The van der Waals surface area contributed by atoms with Crippen LogP contribution in [0.5, 0.6) is 0 Å². The van der Waals surface area contributed by atoms with E-state index in [9.17, 15) is 0 Å². The summed E-state index contributed by atoms with van der Waals surface area (Å²) in [7, 11) is 0. The van der Waals surface area contributed by atoms with E-state index in [0.29, 0.717) is 5.41 Å². The molecule has 2 aromatic rings. The second-order valence-electron chi connectivity index (χ2n) is 6.65. The van der Waals surface area contributed by atoms with Gasteiger partial charge in [-0.2, -0.15) is 0 Å². The molecule has 0 saturated heterocycles. The van der Waals surface area contributed by atoms with Gasteiger partial charge in [0.25, 0.3) is 0 Å². The van der Waals surface area contributed by atoms with Crippen molar-refractivity contribution >= 4 is 27.3 Å². The van der Waals surface area contributed by atoms with Crippen LogP contribution in [0, 0.1) is 11.3 Å². The van der Waals surface area contributed by atoms with Crippen molar-refractivity contribution < 1.29 is 0 Å². The minimum Gasteiger partial charge on any atom is -0.241 e. The third-order valence-electron chi connectivity index (χ3n) is 5.06. The highest BCUT2D eigenvalue weighted by Crippen LogP contribution is 2.43. The van der Waals surface area contributed by atoms with Crippen molar-refractivity contribution in [3.8, 4) is 10.6 Å². The molecule has 1 unspecified atom stereocenters. The van der Waals surface area contributed by atoms with E-state index < -0.39 is 0 Å². The smallest absolute Gasteiger partial charge is 0.125 e. The summed E-state index contributed by atoms with van der Waals surface area (Å²) in [4.78, 5) is 6.43. The minimum absolute atomic E-state index is 0.440. The Kier molecular flexibility index (Phi) is 4.24. The Bertz CT molecular complexity index is 644. The SMILES string of the molecule is CCC(C)(C)C1CCc2nc(-c3ccccc3Br)sc2C1. The average Bonchev–Trinajstić information content (AvgIpc) is 2.90. The fourth-order valence-corrected chi connectivity index (χ4v) is 4.91. The third-order valence-corrected chi connectivity index (χ3v) is 6.91. The van der Waals surface area contributed by atoms with Crippen LogP contribution in [0.25, 0.3) is 10.6 Å². The molecule has 1 aromatic carbocycles. The molecule has 112 valence electrons. The summed E-state index contributed by atoms with van der Waals surface area (Å²) in [6.07, 6.45) is 4.89. The number of halogens is 1. The van der Waals surface area contributed by atoms with Gasteiger partial charge in [0.15, 0.2) is 0 Å². The lowest BCUT2D eigenvalue weighted by Crippen LogP contribution is -2.28. The maximum atomic E-state index is 4.91. The molecule has 1 heterocycles. The molecular formula is C18H22BrNS. The quantitative estimate of drug-likeness (QED) is 0.640. The summed E-state index contributed by atoms with van der Waals surface area (Å²) in [5, 5.41) is 1.17. The van der Waals surface area contributed by atoms with E-state index in [1.54, 1.807) is 0 Å². The molecule has 0 N–H and O–H groups in total. The van der Waals surface area contributed by atoms with Crippen molar-refractivity contribution in [3.05, 3.63) is 39.3 Å². The van der Waals surface area contributed by atoms with Crippen LogP contribution >= 0.6 is 27.3 Å². The van der Waals surface area contributed by atoms with E-state index in [4.69, 9.17) is 4.98 Å². The van der Waals surface area contributed by atoms with E-state index in [-0.39, 0.29) is 0 Å². The molecule has 1 nitrogen and oxygen atoms in total. The second-order valence-corrected chi connectivity index (χ2v) is 8.59. The van der Waals surface area contributed by atoms with Crippen molar-refractivity contribution in [1.82, 2.24) is 4.98 Å². The van der Waals surface area contributed by atoms with Gasteiger partial charge < -0.3 is 0 Å². The lowest BCUT2D eigenvalue weighted by molar-refractivity contribution is 0.183. The topological polar surface area (TPSA) is 12.9 Å². The molecule has 0 aliphatic heterocycles. The van der Waals surface area contributed by atoms with Gasteiger partial charge in [0, 0.05) is 14.9 Å². The molecule has 0 radical (unpaired) electrons. The second kappa shape index (κ2) is 5.85. The summed E-state index contributed by atoms with van der Waals surface area (Å²) in [5.74, 6) is 0.794. The largest absolute Gasteiger partial charge is 0.241 e. The summed E-state index contributed by atoms with van der Waals surface area (Å²) in [5.41, 5.74) is 3.01. The average molecular weight is 364 g/mol. The molecule has 3 rings (SSSR count). The molecule has 21 heavy (non-hydrogen) atoms. The molecular weight excluding hydrogens is 342 g/mol. The molecule has 1 aromatic heterocycles. The van der Waals surface area contributed by atoms with Crippen LogP contribution in [0.1, 0.15) is 44.2 Å². The normalized spacial score (nSPS) is 18.6. The summed E-state index contributed by atoms with van der Waals surface area (Å²) in [6, 6.07) is 8.39. The van der Waals surface area contributed by atoms with Crippen LogP contribution in [-0.2, 0) is 12.8 Å². The van der Waals surface area contributed by atoms with Gasteiger partial charge in [-0.15, -0.1) is 11.3 Å². The Hall–Kier alpha value is -0.670. The first-order valence-corrected chi connectivity index (χ1v) is 9.35. The Morgan fingerprint density at radius 1 is 1.33 bits per heavy atom. The Labute approximate surface area is 139 Å². The minimum atomic E-state index is 0.440. The van der Waals surface area contributed by atoms with Crippen LogP contribution in [0.4, 0.5) is 0 Å². The summed E-state index contributed by atoms with van der Waals surface area (Å²) >= 11 is 5.54. The maximum absolute atomic E-state index is 4.91. The van der Waals surface area contributed by atoms with Crippen molar-refractivity contribution in [2.24, 2.45) is 11.3 Å². The highest BCUT2D eigenvalue weighted by molar-refractivity contribution is 9.10. The molecule has 0 amide bonds. The maximum Gasteiger partial charge on any atom is 0.125 e. The molecule has 1 aliphatic carbocycles. The van der Waals surface area contributed by atoms with Gasteiger partial charge in [-0.25, -0.2) is 4.98 Å². The van der Waals surface area contributed by atoms with Gasteiger partial charge in [0.05, 0.1) is 5.69 Å². The van der Waals surface area contributed by atoms with Crippen molar-refractivity contribution in [2.45, 2.75) is 46.5 Å². The molecule has 0 bridgehead atoms. The first-order valence-electron chi connectivity index (χ1n) is 7.74. The zero-order valence-corrected chi connectivity index (χ0v) is 15.4. The fourth-order valence-electron chi connectivity index (χ4n) is 3.08. The third kappa shape index (κ3) is 2.95. The lowest BCUT2D eigenvalue weighted by atomic mass is 9.70. The van der Waals surface area contributed by atoms with E-state index in [1.807, 2.05) is 11.3 Å². The molecule has 0 saturated carbocycles. The number of aryl methyl sites for hydroxylation is 1. The van der Waals surface area contributed by atoms with Gasteiger partial charge in [-0.05, 0) is 36.7 Å². The first-order chi connectivity index (χ1) is 10.0. The van der Waals surface area contributed by atoms with Crippen molar-refractivity contribution in [1.29, 1.82) is 0 Å². The molecule has 0 spiro atoms. The van der Waals surface area contributed by atoms with Crippen molar-refractivity contribution in [2.75, 3.05) is 0 Å². The number of hydrogen-bond acceptors (Lipinski definition) is 2. The van der Waals surface area contributed by atoms with Gasteiger partial charge >= 0.3 is 0 Å². The Morgan fingerprint density at radius 3 is 2.81 bits per heavy atom. The van der Waals surface area contributed by atoms with E-state index in [0.717, 1.165) is 16.8 Å². The predicted octanol–water partition coefficient (Wildman–Crippen LogP) is 6.11. The van der Waals surface area contributed by atoms with E-state index in [1.165, 1.54) is 40.4 Å². The number of aromatic nitrogens is 1. The number of hydrogen-bond donors (Lipinski definition) is 0. The first kappa shape index (κ1) is 15.2. The Morgan fingerprint density at radius 2 is 2.10 bits per heavy atom. The van der Waals surface area contributed by atoms with Crippen LogP contribution < -0.4 is 0 Å². The zero-order chi connectivity index (χ0) is 15.0. The number of benzene rings is 1. The van der Waals surface area contributed by atoms with E-state index >= 15 is 0 Å². The predicted molar refractivity (Wildman–Crippen MR) is 94.8 cm³/mol. The highest BCUT2D eigenvalue weighted by Gasteiger charge is 2.32. The molecule has 1 aliphatic rings.